The Morgan fingerprint density at radius 1 is 1.00 bits per heavy atom. The van der Waals surface area contributed by atoms with Crippen molar-refractivity contribution >= 4 is 77.9 Å². The molecule has 0 N–H and O–H groups in total. The van der Waals surface area contributed by atoms with Gasteiger partial charge in [0.2, 0.25) is 0 Å². The summed E-state index contributed by atoms with van der Waals surface area (Å²) in [7, 11) is 0. The van der Waals surface area contributed by atoms with E-state index in [9.17, 15) is 0 Å². The predicted octanol–water partition coefficient (Wildman–Crippen LogP) is -1.15. The maximum absolute atomic E-state index is 0. The Hall–Kier alpha value is 3.70. The fraction of sp³-hybridized carbons (Fsp3) is 0. The van der Waals surface area contributed by atoms with Crippen LogP contribution in [-0.4, -0.2) is 77.9 Å². The van der Waals surface area contributed by atoms with E-state index in [-0.39, 0.29) is 115 Å². The second kappa shape index (κ2) is 25.2. The monoisotopic (exact) mass is 260 g/mol. The minimum Gasteiger partial charge on any atom is 0 e. The molecule has 0 aromatic heterocycles. The van der Waals surface area contributed by atoms with E-state index >= 15 is 0 Å². The zero-order valence-electron chi connectivity index (χ0n) is 2.94. The summed E-state index contributed by atoms with van der Waals surface area (Å²) in [4.78, 5) is 0. The van der Waals surface area contributed by atoms with Crippen LogP contribution in [0.25, 0.3) is 0 Å². The first-order chi connectivity index (χ1) is 0. The molecule has 0 aromatic rings. The second-order valence-electron chi connectivity index (χ2n) is 0. The summed E-state index contributed by atoms with van der Waals surface area (Å²) in [5.41, 5.74) is 0. The van der Waals surface area contributed by atoms with Gasteiger partial charge in [0, 0.05) is 115 Å². The fourth-order valence-corrected chi connectivity index (χ4v) is 0. The van der Waals surface area contributed by atoms with Gasteiger partial charge < -0.3 is 0 Å². The quantitative estimate of drug-likeness (QED) is 0.483. The summed E-state index contributed by atoms with van der Waals surface area (Å²) in [6.45, 7) is 0. The van der Waals surface area contributed by atoms with Gasteiger partial charge in [0.05, 0.1) is 0 Å². The van der Waals surface area contributed by atoms with Gasteiger partial charge in [0.15, 0.2) is 0 Å². The van der Waals surface area contributed by atoms with Gasteiger partial charge in [0.1, 0.15) is 0 Å². The Bertz CT molecular complexity index is 11.6. The van der Waals surface area contributed by atoms with E-state index in [1.807, 2.05) is 0 Å². The summed E-state index contributed by atoms with van der Waals surface area (Å²) in [5, 5.41) is 0. The third-order valence-corrected chi connectivity index (χ3v) is 0. The van der Waals surface area contributed by atoms with Gasteiger partial charge in [-0.2, -0.15) is 0 Å². The average Bonchev–Trinajstić information content (AvgIpc) is 0. The predicted molar refractivity (Wildman–Crippen MR) is 17.3 cm³/mol. The summed E-state index contributed by atoms with van der Waals surface area (Å²) >= 11 is 0. The SMILES string of the molecule is [Ca].[Cr].[Mg].[Se].[Zn]. The van der Waals surface area contributed by atoms with Gasteiger partial charge >= 0.3 is 0 Å². The van der Waals surface area contributed by atoms with Crippen LogP contribution in [0.5, 0.6) is 0 Å². The van der Waals surface area contributed by atoms with Crippen LogP contribution in [0, 0.1) is 0 Å². The zero-order valence-corrected chi connectivity index (χ0v) is 12.5. The molecule has 0 aliphatic heterocycles. The smallest absolute Gasteiger partial charge is 0 e. The average molecular weight is 261 g/mol. The van der Waals surface area contributed by atoms with Gasteiger partial charge in [-0.3, -0.25) is 0 Å². The number of hydrogen-bond donors (Lipinski definition) is 0. The molecule has 0 bridgehead atoms. The van der Waals surface area contributed by atoms with Crippen LogP contribution >= 0.6 is 0 Å². The van der Waals surface area contributed by atoms with Gasteiger partial charge in [-0.15, -0.1) is 0 Å². The third-order valence-electron chi connectivity index (χ3n) is 0. The standard InChI is InChI=1S/Ca.Cr.Mg.Se.Zn. The van der Waals surface area contributed by atoms with Crippen LogP contribution in [0.4, 0.5) is 0 Å². The van der Waals surface area contributed by atoms with Crippen molar-refractivity contribution in [1.29, 1.82) is 0 Å². The van der Waals surface area contributed by atoms with Gasteiger partial charge in [-0.05, 0) is 0 Å². The summed E-state index contributed by atoms with van der Waals surface area (Å²) in [5.74, 6) is 0. The van der Waals surface area contributed by atoms with Crippen LogP contribution in [0.3, 0.4) is 0 Å². The van der Waals surface area contributed by atoms with Crippen LogP contribution in [0.1, 0.15) is 0 Å². The molecule has 0 aromatic carbocycles. The van der Waals surface area contributed by atoms with Gasteiger partial charge in [0.25, 0.3) is 0 Å². The van der Waals surface area contributed by atoms with Crippen molar-refractivity contribution in [1.82, 2.24) is 0 Å². The van der Waals surface area contributed by atoms with E-state index in [4.69, 9.17) is 0 Å². The van der Waals surface area contributed by atoms with E-state index in [1.165, 1.54) is 0 Å². The Morgan fingerprint density at radius 3 is 1.00 bits per heavy atom. The minimum atomic E-state index is 0. The maximum Gasteiger partial charge on any atom is 0 e. The molecule has 5 heteroatoms. The summed E-state index contributed by atoms with van der Waals surface area (Å²) in [6, 6.07) is 0. The summed E-state index contributed by atoms with van der Waals surface area (Å²) < 4.78 is 0. The third kappa shape index (κ3) is 18.3. The first-order valence-corrected chi connectivity index (χ1v) is 0. The van der Waals surface area contributed by atoms with Crippen molar-refractivity contribution < 1.29 is 36.8 Å². The zero-order chi connectivity index (χ0) is 0. The molecular weight excluding hydrogens is 261 g/mol. The van der Waals surface area contributed by atoms with Crippen molar-refractivity contribution in [2.75, 3.05) is 0 Å². The molecule has 0 unspecified atom stereocenters. The molecule has 0 aliphatic rings. The van der Waals surface area contributed by atoms with Crippen molar-refractivity contribution in [3.63, 3.8) is 0 Å². The van der Waals surface area contributed by atoms with Crippen molar-refractivity contribution in [3.8, 4) is 0 Å². The molecule has 0 amide bonds. The molecule has 0 aliphatic carbocycles. The van der Waals surface area contributed by atoms with Crippen molar-refractivity contribution in [2.45, 2.75) is 0 Å². The van der Waals surface area contributed by atoms with Crippen molar-refractivity contribution in [2.24, 2.45) is 0 Å². The van der Waals surface area contributed by atoms with Gasteiger partial charge in [-0.25, -0.2) is 0 Å². The molecule has 0 heterocycles. The molecule has 0 atom stereocenters. The summed E-state index contributed by atoms with van der Waals surface area (Å²) in [6.07, 6.45) is 0. The number of rotatable bonds is 0. The van der Waals surface area contributed by atoms with Crippen LogP contribution in [-0.2, 0) is 36.8 Å². The second-order valence-corrected chi connectivity index (χ2v) is 0. The molecule has 0 nitrogen and oxygen atoms in total. The fourth-order valence-electron chi connectivity index (χ4n) is 0. The molecule has 18 valence electrons. The molecule has 0 rings (SSSR count). The number of hydrogen-bond acceptors (Lipinski definition) is 0. The normalized spacial score (nSPS) is 0. The van der Waals surface area contributed by atoms with Crippen LogP contribution < -0.4 is 0 Å². The first-order valence-electron chi connectivity index (χ1n) is 0. The Balaban J connectivity index is 0. The maximum atomic E-state index is 0. The van der Waals surface area contributed by atoms with Gasteiger partial charge in [-0.1, -0.05) is 0 Å². The van der Waals surface area contributed by atoms with Crippen LogP contribution in [0.15, 0.2) is 0 Å². The van der Waals surface area contributed by atoms with E-state index in [2.05, 4.69) is 0 Å². The molecule has 6 radical (unpaired) electrons. The Labute approximate surface area is 112 Å². The largest absolute Gasteiger partial charge is 0 e. The molecule has 5 heavy (non-hydrogen) atoms. The van der Waals surface area contributed by atoms with E-state index in [0.717, 1.165) is 0 Å². The Kier molecular flexibility index (Phi) is 190. The van der Waals surface area contributed by atoms with E-state index < -0.39 is 0 Å². The molecule has 0 fully saturated rings. The molecule has 0 spiro atoms. The van der Waals surface area contributed by atoms with E-state index in [1.54, 1.807) is 0 Å². The van der Waals surface area contributed by atoms with E-state index in [0.29, 0.717) is 0 Å². The first kappa shape index (κ1) is 37.7. The topological polar surface area (TPSA) is 0 Å². The Morgan fingerprint density at radius 2 is 1.00 bits per heavy atom. The molecular formula is CaCrMgSeZn. The van der Waals surface area contributed by atoms with Crippen LogP contribution in [0.2, 0.25) is 0 Å². The molecule has 0 saturated heterocycles. The minimum absolute atomic E-state index is 0. The van der Waals surface area contributed by atoms with Crippen molar-refractivity contribution in [3.05, 3.63) is 0 Å². The molecule has 0 saturated carbocycles.